The van der Waals surface area contributed by atoms with Crippen molar-refractivity contribution < 1.29 is 24.0 Å². The van der Waals surface area contributed by atoms with Crippen LogP contribution in [-0.2, 0) is 9.53 Å². The van der Waals surface area contributed by atoms with E-state index in [1.54, 1.807) is 31.0 Å². The first kappa shape index (κ1) is 20.8. The van der Waals surface area contributed by atoms with Gasteiger partial charge < -0.3 is 14.6 Å². The number of quaternary nitrogens is 1. The number of Topliss-reactive ketones (excluding diaryl/α,β-unsaturated/α-hetero) is 1. The normalized spacial score (nSPS) is 15.1. The van der Waals surface area contributed by atoms with Crippen LogP contribution >= 0.6 is 0 Å². The number of hydrogen-bond acceptors (Lipinski definition) is 5. The van der Waals surface area contributed by atoms with Gasteiger partial charge in [-0.15, -0.1) is 0 Å². The van der Waals surface area contributed by atoms with Gasteiger partial charge in [-0.2, -0.15) is 0 Å². The molecule has 0 saturated carbocycles. The topological polar surface area (TPSA) is 95.9 Å². The van der Waals surface area contributed by atoms with Gasteiger partial charge >= 0.3 is 11.9 Å². The molecule has 8 nitrogen and oxygen atoms in total. The Kier molecular flexibility index (Phi) is 6.46. The van der Waals surface area contributed by atoms with Gasteiger partial charge in [0.25, 0.3) is 5.78 Å². The van der Waals surface area contributed by atoms with E-state index in [0.29, 0.717) is 29.9 Å². The summed E-state index contributed by atoms with van der Waals surface area (Å²) >= 11 is 0. The van der Waals surface area contributed by atoms with Crippen LogP contribution in [0.1, 0.15) is 33.5 Å². The molecule has 1 aromatic carbocycles. The van der Waals surface area contributed by atoms with E-state index in [2.05, 4.69) is 17.5 Å². The van der Waals surface area contributed by atoms with Gasteiger partial charge in [-0.25, -0.2) is 9.80 Å². The molecule has 0 atom stereocenters. The molecule has 1 aromatic heterocycles. The summed E-state index contributed by atoms with van der Waals surface area (Å²) in [7, 11) is 2.09. The summed E-state index contributed by atoms with van der Waals surface area (Å²) in [5, 5.41) is 1.76. The van der Waals surface area contributed by atoms with Crippen LogP contribution in [0, 0.1) is 6.92 Å². The molecule has 3 N–H and O–H groups in total. The van der Waals surface area contributed by atoms with Crippen LogP contribution in [0.15, 0.2) is 30.3 Å². The molecule has 1 fully saturated rings. The summed E-state index contributed by atoms with van der Waals surface area (Å²) < 4.78 is 5.17. The summed E-state index contributed by atoms with van der Waals surface area (Å²) in [6.45, 7) is 6.75. The van der Waals surface area contributed by atoms with Gasteiger partial charge in [0.15, 0.2) is 0 Å². The van der Waals surface area contributed by atoms with Crippen molar-refractivity contribution in [2.45, 2.75) is 13.8 Å². The van der Waals surface area contributed by atoms with Crippen LogP contribution in [0.4, 0.5) is 0 Å². The number of H-pyrrole nitrogens is 1. The molecule has 0 radical (unpaired) electrons. The molecule has 29 heavy (non-hydrogen) atoms. The Bertz CT molecular complexity index is 899. The average molecular weight is 399 g/mol. The van der Waals surface area contributed by atoms with Crippen molar-refractivity contribution in [3.63, 3.8) is 0 Å². The molecule has 1 aliphatic heterocycles. The number of hydrazine groups is 1. The van der Waals surface area contributed by atoms with Crippen molar-refractivity contribution in [1.29, 1.82) is 0 Å². The molecule has 3 rings (SSSR count). The molecule has 8 heteroatoms. The SMILES string of the molecule is CCOC(=O)c1c(C)[nH]c(C(=O)C(=O)NN2CC[NH+](C)CC2)c1-c1ccccc1. The Balaban J connectivity index is 1.93. The molecule has 0 spiro atoms. The molecule has 1 amide bonds. The van der Waals surface area contributed by atoms with Crippen LogP contribution < -0.4 is 10.3 Å². The summed E-state index contributed by atoms with van der Waals surface area (Å²) in [6.07, 6.45) is 0. The maximum absolute atomic E-state index is 13.0. The minimum absolute atomic E-state index is 0.0917. The average Bonchev–Trinajstić information content (AvgIpc) is 3.07. The van der Waals surface area contributed by atoms with Crippen LogP contribution in [0.25, 0.3) is 11.1 Å². The number of nitrogens with one attached hydrogen (secondary N) is 3. The van der Waals surface area contributed by atoms with E-state index in [1.165, 1.54) is 4.90 Å². The van der Waals surface area contributed by atoms with E-state index in [1.807, 2.05) is 18.2 Å². The first-order valence-electron chi connectivity index (χ1n) is 9.79. The van der Waals surface area contributed by atoms with E-state index in [4.69, 9.17) is 4.74 Å². The first-order valence-corrected chi connectivity index (χ1v) is 9.79. The van der Waals surface area contributed by atoms with E-state index in [-0.39, 0.29) is 17.9 Å². The van der Waals surface area contributed by atoms with Gasteiger partial charge in [-0.05, 0) is 19.4 Å². The number of carbonyl (C=O) groups is 3. The summed E-state index contributed by atoms with van der Waals surface area (Å²) in [4.78, 5) is 42.5. The number of aromatic nitrogens is 1. The zero-order valence-electron chi connectivity index (χ0n) is 17.0. The number of aromatic amines is 1. The van der Waals surface area contributed by atoms with E-state index >= 15 is 0 Å². The number of likely N-dealkylation sites (N-methyl/N-ethyl adjacent to an activating group) is 1. The van der Waals surface area contributed by atoms with E-state index in [0.717, 1.165) is 13.1 Å². The van der Waals surface area contributed by atoms with Crippen LogP contribution in [0.5, 0.6) is 0 Å². The van der Waals surface area contributed by atoms with Crippen molar-refractivity contribution in [3.05, 3.63) is 47.3 Å². The van der Waals surface area contributed by atoms with Crippen molar-refractivity contribution in [3.8, 4) is 11.1 Å². The lowest BCUT2D eigenvalue weighted by Crippen LogP contribution is -3.12. The third-order valence-corrected chi connectivity index (χ3v) is 5.04. The second kappa shape index (κ2) is 9.02. The summed E-state index contributed by atoms with van der Waals surface area (Å²) in [5.41, 5.74) is 4.61. The fourth-order valence-corrected chi connectivity index (χ4v) is 3.46. The fraction of sp³-hybridized carbons (Fsp3) is 0.381. The minimum Gasteiger partial charge on any atom is -0.462 e. The van der Waals surface area contributed by atoms with Crippen molar-refractivity contribution in [1.82, 2.24) is 15.4 Å². The maximum Gasteiger partial charge on any atom is 0.340 e. The van der Waals surface area contributed by atoms with E-state index < -0.39 is 17.7 Å². The van der Waals surface area contributed by atoms with Gasteiger partial charge in [0.1, 0.15) is 5.69 Å². The molecular weight excluding hydrogens is 372 g/mol. The largest absolute Gasteiger partial charge is 0.462 e. The summed E-state index contributed by atoms with van der Waals surface area (Å²) in [6, 6.07) is 9.06. The molecule has 2 heterocycles. The lowest BCUT2D eigenvalue weighted by molar-refractivity contribution is -0.884. The first-order chi connectivity index (χ1) is 13.9. The molecule has 1 saturated heterocycles. The summed E-state index contributed by atoms with van der Waals surface area (Å²) in [5.74, 6) is -1.96. The fourth-order valence-electron chi connectivity index (χ4n) is 3.46. The third-order valence-electron chi connectivity index (χ3n) is 5.04. The van der Waals surface area contributed by atoms with Gasteiger partial charge in [-0.1, -0.05) is 30.3 Å². The Labute approximate surface area is 169 Å². The highest BCUT2D eigenvalue weighted by atomic mass is 16.5. The number of nitrogens with zero attached hydrogens (tertiary/aromatic N) is 1. The lowest BCUT2D eigenvalue weighted by Gasteiger charge is -2.29. The smallest absolute Gasteiger partial charge is 0.340 e. The molecular formula is C21H27N4O4+. The highest BCUT2D eigenvalue weighted by Crippen LogP contribution is 2.31. The molecule has 0 aliphatic carbocycles. The number of carbonyl (C=O) groups excluding carboxylic acids is 3. The van der Waals surface area contributed by atoms with Crippen molar-refractivity contribution in [2.24, 2.45) is 0 Å². The Morgan fingerprint density at radius 1 is 1.17 bits per heavy atom. The zero-order valence-corrected chi connectivity index (χ0v) is 17.0. The molecule has 0 bridgehead atoms. The number of ketones is 1. The quantitative estimate of drug-likeness (QED) is 0.367. The van der Waals surface area contributed by atoms with Crippen LogP contribution in [0.2, 0.25) is 0 Å². The minimum atomic E-state index is -0.724. The predicted octanol–water partition coefficient (Wildman–Crippen LogP) is 0.211. The standard InChI is InChI=1S/C21H26N4O4/c1-4-29-21(28)16-14(2)22-18(17(16)15-8-6-5-7-9-15)19(26)20(27)23-25-12-10-24(3)11-13-25/h5-9,22H,4,10-13H2,1-3H3,(H,23,27)/p+1. The second-order valence-electron chi connectivity index (χ2n) is 7.18. The van der Waals surface area contributed by atoms with E-state index in [9.17, 15) is 14.4 Å². The highest BCUT2D eigenvalue weighted by Gasteiger charge is 2.31. The number of benzene rings is 1. The Morgan fingerprint density at radius 3 is 2.45 bits per heavy atom. The number of amides is 1. The number of esters is 1. The predicted molar refractivity (Wildman–Crippen MR) is 108 cm³/mol. The number of rotatable bonds is 6. The Hall–Kier alpha value is -2.97. The number of hydrogen-bond donors (Lipinski definition) is 3. The third kappa shape index (κ3) is 4.55. The zero-order chi connectivity index (χ0) is 21.0. The number of aryl methyl sites for hydroxylation is 1. The number of piperazine rings is 1. The monoisotopic (exact) mass is 399 g/mol. The van der Waals surface area contributed by atoms with Gasteiger partial charge in [0.05, 0.1) is 45.4 Å². The van der Waals surface area contributed by atoms with Crippen molar-refractivity contribution in [2.75, 3.05) is 39.8 Å². The molecule has 2 aromatic rings. The van der Waals surface area contributed by atoms with Crippen LogP contribution in [0.3, 0.4) is 0 Å². The molecule has 0 unspecified atom stereocenters. The molecule has 1 aliphatic rings. The Morgan fingerprint density at radius 2 is 1.83 bits per heavy atom. The lowest BCUT2D eigenvalue weighted by atomic mass is 9.98. The molecule has 154 valence electrons. The van der Waals surface area contributed by atoms with Crippen LogP contribution in [-0.4, -0.2) is 67.5 Å². The highest BCUT2D eigenvalue weighted by molar-refractivity contribution is 6.43. The second-order valence-corrected chi connectivity index (χ2v) is 7.18. The van der Waals surface area contributed by atoms with Gasteiger partial charge in [0.2, 0.25) is 0 Å². The maximum atomic E-state index is 13.0. The van der Waals surface area contributed by atoms with Gasteiger partial charge in [-0.3, -0.25) is 15.0 Å². The number of ether oxygens (including phenoxy) is 1. The van der Waals surface area contributed by atoms with Gasteiger partial charge in [0, 0.05) is 11.3 Å². The van der Waals surface area contributed by atoms with Crippen molar-refractivity contribution >= 4 is 17.7 Å².